The molecule has 1 saturated heterocycles. The molecule has 0 bridgehead atoms. The molecule has 0 amide bonds. The Morgan fingerprint density at radius 2 is 1.50 bits per heavy atom. The molecule has 20 heavy (non-hydrogen) atoms. The monoisotopic (exact) mass is 280 g/mol. The van der Waals surface area contributed by atoms with Crippen LogP contribution < -0.4 is 0 Å². The van der Waals surface area contributed by atoms with Crippen molar-refractivity contribution < 1.29 is 18.1 Å². The summed E-state index contributed by atoms with van der Waals surface area (Å²) in [7, 11) is -0.295. The lowest BCUT2D eigenvalue weighted by Gasteiger charge is -2.32. The number of benzene rings is 1. The van der Waals surface area contributed by atoms with Crippen LogP contribution in [0.1, 0.15) is 45.6 Å². The SMILES string of the molecule is CC1(C)OB(C2CC2c2cc(F)cc(F)c2)OC1(C)C. The Hall–Kier alpha value is -0.935. The summed E-state index contributed by atoms with van der Waals surface area (Å²) in [6.07, 6.45) is 0.847. The molecular weight excluding hydrogens is 261 g/mol. The molecule has 1 heterocycles. The van der Waals surface area contributed by atoms with Gasteiger partial charge in [-0.1, -0.05) is 0 Å². The molecule has 3 rings (SSSR count). The van der Waals surface area contributed by atoms with Crippen molar-refractivity contribution in [2.24, 2.45) is 0 Å². The Labute approximate surface area is 118 Å². The first-order valence-corrected chi connectivity index (χ1v) is 7.01. The highest BCUT2D eigenvalue weighted by Crippen LogP contribution is 2.58. The van der Waals surface area contributed by atoms with Gasteiger partial charge in [0.15, 0.2) is 0 Å². The van der Waals surface area contributed by atoms with Gasteiger partial charge < -0.3 is 9.31 Å². The molecule has 108 valence electrons. The second-order valence-electron chi connectivity index (χ2n) is 6.83. The summed E-state index contributed by atoms with van der Waals surface area (Å²) in [5.41, 5.74) is -0.0297. The highest BCUT2D eigenvalue weighted by Gasteiger charge is 2.59. The molecule has 1 saturated carbocycles. The van der Waals surface area contributed by atoms with Crippen LogP contribution in [0.15, 0.2) is 18.2 Å². The molecule has 2 aliphatic rings. The van der Waals surface area contributed by atoms with E-state index in [9.17, 15) is 8.78 Å². The Balaban J connectivity index is 1.74. The first-order chi connectivity index (χ1) is 9.19. The van der Waals surface area contributed by atoms with Gasteiger partial charge in [0, 0.05) is 11.9 Å². The summed E-state index contributed by atoms with van der Waals surface area (Å²) in [5.74, 6) is -0.758. The molecule has 0 radical (unpaired) electrons. The van der Waals surface area contributed by atoms with Gasteiger partial charge in [-0.3, -0.25) is 0 Å². The lowest BCUT2D eigenvalue weighted by molar-refractivity contribution is 0.00578. The van der Waals surface area contributed by atoms with Crippen molar-refractivity contribution in [1.82, 2.24) is 0 Å². The predicted molar refractivity (Wildman–Crippen MR) is 73.5 cm³/mol. The fourth-order valence-electron chi connectivity index (χ4n) is 2.75. The lowest BCUT2D eigenvalue weighted by atomic mass is 9.79. The van der Waals surface area contributed by atoms with E-state index in [4.69, 9.17) is 9.31 Å². The standard InChI is InChI=1S/C15H19BF2O2/c1-14(2)15(3,4)20-16(19-14)13-8-12(13)9-5-10(17)7-11(18)6-9/h5-7,12-13H,8H2,1-4H3. The van der Waals surface area contributed by atoms with E-state index in [-0.39, 0.29) is 30.1 Å². The fourth-order valence-corrected chi connectivity index (χ4v) is 2.75. The van der Waals surface area contributed by atoms with Crippen LogP contribution in [0.5, 0.6) is 0 Å². The van der Waals surface area contributed by atoms with E-state index < -0.39 is 11.6 Å². The smallest absolute Gasteiger partial charge is 0.403 e. The van der Waals surface area contributed by atoms with Crippen molar-refractivity contribution in [2.75, 3.05) is 0 Å². The molecule has 5 heteroatoms. The molecule has 0 spiro atoms. The minimum absolute atomic E-state index is 0.120. The molecule has 1 aromatic rings. The topological polar surface area (TPSA) is 18.5 Å². The average molecular weight is 280 g/mol. The summed E-state index contributed by atoms with van der Waals surface area (Å²) < 4.78 is 38.5. The largest absolute Gasteiger partial charge is 0.461 e. The van der Waals surface area contributed by atoms with Gasteiger partial charge in [0.1, 0.15) is 11.6 Å². The van der Waals surface area contributed by atoms with Gasteiger partial charge >= 0.3 is 7.12 Å². The zero-order valence-corrected chi connectivity index (χ0v) is 12.2. The molecule has 2 atom stereocenters. The Kier molecular flexibility index (Phi) is 3.00. The van der Waals surface area contributed by atoms with Crippen molar-refractivity contribution in [1.29, 1.82) is 0 Å². The van der Waals surface area contributed by atoms with Crippen LogP contribution in [0, 0.1) is 11.6 Å². The number of hydrogen-bond acceptors (Lipinski definition) is 2. The van der Waals surface area contributed by atoms with Gasteiger partial charge in [-0.05, 0) is 57.7 Å². The molecule has 2 nitrogen and oxygen atoms in total. The zero-order valence-electron chi connectivity index (χ0n) is 12.2. The van der Waals surface area contributed by atoms with Crippen molar-refractivity contribution in [2.45, 2.75) is 57.1 Å². The zero-order chi connectivity index (χ0) is 14.7. The van der Waals surface area contributed by atoms with E-state index in [1.165, 1.54) is 12.1 Å². The van der Waals surface area contributed by atoms with Gasteiger partial charge in [0.25, 0.3) is 0 Å². The summed E-state index contributed by atoms with van der Waals surface area (Å²) in [6.45, 7) is 8.02. The Bertz CT molecular complexity index is 508. The van der Waals surface area contributed by atoms with Crippen LogP contribution in [0.25, 0.3) is 0 Å². The summed E-state index contributed by atoms with van der Waals surface area (Å²) >= 11 is 0. The van der Waals surface area contributed by atoms with Gasteiger partial charge in [-0.2, -0.15) is 0 Å². The summed E-state index contributed by atoms with van der Waals surface area (Å²) in [6, 6.07) is 3.70. The predicted octanol–water partition coefficient (Wildman–Crippen LogP) is 3.91. The van der Waals surface area contributed by atoms with Crippen LogP contribution >= 0.6 is 0 Å². The van der Waals surface area contributed by atoms with Gasteiger partial charge in [-0.25, -0.2) is 8.78 Å². The third-order valence-electron chi connectivity index (χ3n) is 4.77. The van der Waals surface area contributed by atoms with Gasteiger partial charge in [0.2, 0.25) is 0 Å². The van der Waals surface area contributed by atoms with Crippen LogP contribution in [-0.4, -0.2) is 18.3 Å². The maximum atomic E-state index is 13.3. The Morgan fingerprint density at radius 3 is 2.00 bits per heavy atom. The van der Waals surface area contributed by atoms with E-state index >= 15 is 0 Å². The normalized spacial score (nSPS) is 30.6. The average Bonchev–Trinajstić information content (AvgIpc) is 3.01. The minimum Gasteiger partial charge on any atom is -0.403 e. The quantitative estimate of drug-likeness (QED) is 0.764. The molecule has 2 fully saturated rings. The highest BCUT2D eigenvalue weighted by atomic mass is 19.1. The van der Waals surface area contributed by atoms with E-state index in [0.29, 0.717) is 5.56 Å². The molecule has 0 N–H and O–H groups in total. The van der Waals surface area contributed by atoms with Crippen molar-refractivity contribution in [3.8, 4) is 0 Å². The number of rotatable bonds is 2. The Morgan fingerprint density at radius 1 is 1.00 bits per heavy atom. The van der Waals surface area contributed by atoms with Crippen LogP contribution in [0.4, 0.5) is 8.78 Å². The second-order valence-corrected chi connectivity index (χ2v) is 6.83. The van der Waals surface area contributed by atoms with Gasteiger partial charge in [0.05, 0.1) is 11.2 Å². The number of hydrogen-bond donors (Lipinski definition) is 0. The van der Waals surface area contributed by atoms with Crippen molar-refractivity contribution in [3.63, 3.8) is 0 Å². The van der Waals surface area contributed by atoms with E-state index in [1.54, 1.807) is 0 Å². The van der Waals surface area contributed by atoms with E-state index in [2.05, 4.69) is 0 Å². The van der Waals surface area contributed by atoms with Gasteiger partial charge in [-0.15, -0.1) is 0 Å². The maximum absolute atomic E-state index is 13.3. The molecular formula is C15H19BF2O2. The van der Waals surface area contributed by atoms with E-state index in [1.807, 2.05) is 27.7 Å². The first kappa shape index (κ1) is 14.0. The third-order valence-corrected chi connectivity index (χ3v) is 4.77. The van der Waals surface area contributed by atoms with Crippen LogP contribution in [-0.2, 0) is 9.31 Å². The first-order valence-electron chi connectivity index (χ1n) is 7.01. The second kappa shape index (κ2) is 4.28. The summed E-state index contributed by atoms with van der Waals surface area (Å²) in [4.78, 5) is 0. The fraction of sp³-hybridized carbons (Fsp3) is 0.600. The lowest BCUT2D eigenvalue weighted by Crippen LogP contribution is -2.41. The number of halogens is 2. The van der Waals surface area contributed by atoms with Crippen molar-refractivity contribution >= 4 is 7.12 Å². The molecule has 1 aliphatic heterocycles. The van der Waals surface area contributed by atoms with Crippen LogP contribution in [0.2, 0.25) is 5.82 Å². The minimum atomic E-state index is -0.528. The van der Waals surface area contributed by atoms with Crippen molar-refractivity contribution in [3.05, 3.63) is 35.4 Å². The molecule has 2 unspecified atom stereocenters. The third kappa shape index (κ3) is 2.27. The molecule has 1 aromatic carbocycles. The molecule has 1 aliphatic carbocycles. The highest BCUT2D eigenvalue weighted by molar-refractivity contribution is 6.49. The molecule has 0 aromatic heterocycles. The van der Waals surface area contributed by atoms with E-state index in [0.717, 1.165) is 12.5 Å². The maximum Gasteiger partial charge on any atom is 0.461 e. The van der Waals surface area contributed by atoms with Crippen LogP contribution in [0.3, 0.4) is 0 Å². The summed E-state index contributed by atoms with van der Waals surface area (Å²) in [5, 5.41) is 0.